The fraction of sp³-hybridized carbons (Fsp3) is 0.667. The molecule has 0 aliphatic heterocycles. The van der Waals surface area contributed by atoms with Crippen molar-refractivity contribution in [3.05, 3.63) is 35.9 Å². The normalized spacial score (nSPS) is 13.7. The molecule has 2 heteroatoms. The van der Waals surface area contributed by atoms with Gasteiger partial charge in [0.1, 0.15) is 0 Å². The number of hydrogen-bond donors (Lipinski definition) is 1. The summed E-state index contributed by atoms with van der Waals surface area (Å²) >= 11 is 0. The summed E-state index contributed by atoms with van der Waals surface area (Å²) in [4.78, 5) is 0. The third-order valence-corrected chi connectivity index (χ3v) is 3.64. The van der Waals surface area contributed by atoms with E-state index in [1.54, 1.807) is 0 Å². The van der Waals surface area contributed by atoms with Crippen LogP contribution in [0.1, 0.15) is 53.0 Å². The molecule has 1 aromatic rings. The van der Waals surface area contributed by atoms with E-state index in [2.05, 4.69) is 70.3 Å². The molecule has 0 aliphatic rings. The topological polar surface area (TPSA) is 21.3 Å². The third-order valence-electron chi connectivity index (χ3n) is 3.64. The highest BCUT2D eigenvalue weighted by Gasteiger charge is 2.22. The van der Waals surface area contributed by atoms with Gasteiger partial charge in [0.25, 0.3) is 0 Å². The van der Waals surface area contributed by atoms with Gasteiger partial charge in [-0.1, -0.05) is 44.2 Å². The van der Waals surface area contributed by atoms with Gasteiger partial charge >= 0.3 is 0 Å². The smallest absolute Gasteiger partial charge is 0.0518 e. The van der Waals surface area contributed by atoms with Gasteiger partial charge in [-0.3, -0.25) is 0 Å². The molecular weight excluding hydrogens is 246 g/mol. The molecule has 1 atom stereocenters. The van der Waals surface area contributed by atoms with Crippen molar-refractivity contribution in [3.8, 4) is 0 Å². The van der Waals surface area contributed by atoms with Crippen molar-refractivity contribution >= 4 is 0 Å². The van der Waals surface area contributed by atoms with E-state index >= 15 is 0 Å². The summed E-state index contributed by atoms with van der Waals surface area (Å²) < 4.78 is 5.55. The quantitative estimate of drug-likeness (QED) is 0.685. The largest absolute Gasteiger partial charge is 0.379 e. The number of rotatable bonds is 9. The molecule has 0 saturated carbocycles. The molecular formula is C18H31NO. The van der Waals surface area contributed by atoms with Gasteiger partial charge < -0.3 is 10.1 Å². The van der Waals surface area contributed by atoms with Gasteiger partial charge in [-0.2, -0.15) is 0 Å². The second-order valence-corrected chi connectivity index (χ2v) is 6.58. The van der Waals surface area contributed by atoms with Crippen LogP contribution in [-0.2, 0) is 10.2 Å². The first-order valence-corrected chi connectivity index (χ1v) is 7.82. The predicted molar refractivity (Wildman–Crippen MR) is 87.3 cm³/mol. The lowest BCUT2D eigenvalue weighted by Crippen LogP contribution is -2.34. The van der Waals surface area contributed by atoms with E-state index in [0.717, 1.165) is 26.0 Å². The highest BCUT2D eigenvalue weighted by Crippen LogP contribution is 2.27. The van der Waals surface area contributed by atoms with Crippen molar-refractivity contribution in [2.24, 2.45) is 0 Å². The van der Waals surface area contributed by atoms with Crippen LogP contribution < -0.4 is 5.32 Å². The van der Waals surface area contributed by atoms with Crippen molar-refractivity contribution < 1.29 is 4.74 Å². The van der Waals surface area contributed by atoms with Gasteiger partial charge in [-0.15, -0.1) is 0 Å². The summed E-state index contributed by atoms with van der Waals surface area (Å²) in [6.07, 6.45) is 2.56. The Labute approximate surface area is 124 Å². The standard InChI is InChI=1S/C18H31NO/c1-15(2)20-13-9-12-19-16(3)14-18(4,5)17-10-7-6-8-11-17/h6-8,10-11,15-16,19H,9,12-14H2,1-5H3. The van der Waals surface area contributed by atoms with E-state index in [0.29, 0.717) is 12.1 Å². The third kappa shape index (κ3) is 6.53. The second-order valence-electron chi connectivity index (χ2n) is 6.58. The molecule has 0 aromatic heterocycles. The Morgan fingerprint density at radius 2 is 1.75 bits per heavy atom. The van der Waals surface area contributed by atoms with E-state index in [1.807, 2.05) is 0 Å². The van der Waals surface area contributed by atoms with Crippen LogP contribution in [0.15, 0.2) is 30.3 Å². The number of nitrogens with one attached hydrogen (secondary N) is 1. The van der Waals surface area contributed by atoms with Crippen LogP contribution >= 0.6 is 0 Å². The molecule has 0 spiro atoms. The number of benzene rings is 1. The summed E-state index contributed by atoms with van der Waals surface area (Å²) in [6.45, 7) is 13.0. The van der Waals surface area contributed by atoms with Gasteiger partial charge in [0.15, 0.2) is 0 Å². The lowest BCUT2D eigenvalue weighted by atomic mass is 9.79. The van der Waals surface area contributed by atoms with Crippen molar-refractivity contribution in [1.29, 1.82) is 0 Å². The Morgan fingerprint density at radius 3 is 2.35 bits per heavy atom. The molecule has 0 saturated heterocycles. The molecule has 0 fully saturated rings. The van der Waals surface area contributed by atoms with E-state index in [9.17, 15) is 0 Å². The average Bonchev–Trinajstić information content (AvgIpc) is 2.38. The van der Waals surface area contributed by atoms with E-state index in [1.165, 1.54) is 5.56 Å². The highest BCUT2D eigenvalue weighted by molar-refractivity contribution is 5.23. The van der Waals surface area contributed by atoms with Crippen LogP contribution in [0.2, 0.25) is 0 Å². The molecule has 0 radical (unpaired) electrons. The van der Waals surface area contributed by atoms with Crippen molar-refractivity contribution in [2.75, 3.05) is 13.2 Å². The minimum absolute atomic E-state index is 0.210. The van der Waals surface area contributed by atoms with Crippen LogP contribution in [0.5, 0.6) is 0 Å². The Morgan fingerprint density at radius 1 is 1.10 bits per heavy atom. The van der Waals surface area contributed by atoms with Gasteiger partial charge in [-0.05, 0) is 51.1 Å². The zero-order chi connectivity index (χ0) is 15.0. The van der Waals surface area contributed by atoms with Gasteiger partial charge in [0.05, 0.1) is 6.10 Å². The Balaban J connectivity index is 2.29. The lowest BCUT2D eigenvalue weighted by molar-refractivity contribution is 0.0766. The van der Waals surface area contributed by atoms with Crippen LogP contribution in [0.3, 0.4) is 0 Å². The Kier molecular flexibility index (Phi) is 7.25. The summed E-state index contributed by atoms with van der Waals surface area (Å²) in [5, 5.41) is 3.60. The number of hydrogen-bond acceptors (Lipinski definition) is 2. The Hall–Kier alpha value is -0.860. The molecule has 0 amide bonds. The molecule has 0 bridgehead atoms. The molecule has 1 N–H and O–H groups in total. The lowest BCUT2D eigenvalue weighted by Gasteiger charge is -2.29. The highest BCUT2D eigenvalue weighted by atomic mass is 16.5. The minimum Gasteiger partial charge on any atom is -0.379 e. The van der Waals surface area contributed by atoms with Crippen LogP contribution in [-0.4, -0.2) is 25.3 Å². The second kappa shape index (κ2) is 8.43. The molecule has 1 unspecified atom stereocenters. The van der Waals surface area contributed by atoms with Crippen LogP contribution in [0.25, 0.3) is 0 Å². The maximum atomic E-state index is 5.55. The maximum Gasteiger partial charge on any atom is 0.0518 e. The summed E-state index contributed by atoms with van der Waals surface area (Å²) in [7, 11) is 0. The monoisotopic (exact) mass is 277 g/mol. The molecule has 2 nitrogen and oxygen atoms in total. The van der Waals surface area contributed by atoms with Crippen molar-refractivity contribution in [3.63, 3.8) is 0 Å². The first-order chi connectivity index (χ1) is 9.42. The van der Waals surface area contributed by atoms with Crippen molar-refractivity contribution in [2.45, 2.75) is 65.0 Å². The van der Waals surface area contributed by atoms with Gasteiger partial charge in [-0.25, -0.2) is 0 Å². The zero-order valence-corrected chi connectivity index (χ0v) is 13.8. The first-order valence-electron chi connectivity index (χ1n) is 7.82. The fourth-order valence-corrected chi connectivity index (χ4v) is 2.58. The summed E-state index contributed by atoms with van der Waals surface area (Å²) in [6, 6.07) is 11.3. The van der Waals surface area contributed by atoms with E-state index in [-0.39, 0.29) is 5.41 Å². The molecule has 20 heavy (non-hydrogen) atoms. The van der Waals surface area contributed by atoms with Crippen LogP contribution in [0, 0.1) is 0 Å². The molecule has 0 heterocycles. The van der Waals surface area contributed by atoms with Crippen LogP contribution in [0.4, 0.5) is 0 Å². The molecule has 0 aliphatic carbocycles. The zero-order valence-electron chi connectivity index (χ0n) is 13.8. The fourth-order valence-electron chi connectivity index (χ4n) is 2.58. The molecule has 1 aromatic carbocycles. The van der Waals surface area contributed by atoms with Crippen molar-refractivity contribution in [1.82, 2.24) is 5.32 Å². The maximum absolute atomic E-state index is 5.55. The van der Waals surface area contributed by atoms with Gasteiger partial charge in [0, 0.05) is 12.6 Å². The van der Waals surface area contributed by atoms with E-state index < -0.39 is 0 Å². The molecule has 114 valence electrons. The Bertz CT molecular complexity index is 359. The van der Waals surface area contributed by atoms with Gasteiger partial charge in [0.2, 0.25) is 0 Å². The average molecular weight is 277 g/mol. The SMILES string of the molecule is CC(CC(C)(C)c1ccccc1)NCCCOC(C)C. The number of ether oxygens (including phenoxy) is 1. The summed E-state index contributed by atoms with van der Waals surface area (Å²) in [5.74, 6) is 0. The summed E-state index contributed by atoms with van der Waals surface area (Å²) in [5.41, 5.74) is 1.62. The predicted octanol–water partition coefficient (Wildman–Crippen LogP) is 4.15. The minimum atomic E-state index is 0.210. The van der Waals surface area contributed by atoms with E-state index in [4.69, 9.17) is 4.74 Å². The first kappa shape index (κ1) is 17.2. The molecule has 1 rings (SSSR count).